The summed E-state index contributed by atoms with van der Waals surface area (Å²) in [5, 5.41) is 4.08. The Kier molecular flexibility index (Phi) is 7.72. The van der Waals surface area contributed by atoms with Crippen LogP contribution < -0.4 is 15.8 Å². The van der Waals surface area contributed by atoms with E-state index in [0.717, 1.165) is 37.1 Å². The van der Waals surface area contributed by atoms with Gasteiger partial charge in [0.05, 0.1) is 22.6 Å². The zero-order valence-electron chi connectivity index (χ0n) is 26.0. The SMILES string of the molecule is Cc1cc(C(C)Nc2ccc(Cl)nc2C(=O)OC(C)(C)C)c2nc(N3C[C@@H]4C(OC(=O)N5CCCC5)[C@@H]4C3)n(C)c(=O)c2c1. The first kappa shape index (κ1) is 30.2. The lowest BCUT2D eigenvalue weighted by Gasteiger charge is -2.25. The molecule has 44 heavy (non-hydrogen) atoms. The fourth-order valence-electron chi connectivity index (χ4n) is 6.40. The van der Waals surface area contributed by atoms with Crippen molar-refractivity contribution >= 4 is 46.2 Å². The van der Waals surface area contributed by atoms with Crippen molar-refractivity contribution in [2.75, 3.05) is 36.4 Å². The Labute approximate surface area is 261 Å². The highest BCUT2D eigenvalue weighted by Crippen LogP contribution is 2.49. The van der Waals surface area contributed by atoms with Gasteiger partial charge in [-0.05, 0) is 71.2 Å². The number of piperidine rings is 1. The Morgan fingerprint density at radius 1 is 1.09 bits per heavy atom. The number of nitrogens with zero attached hydrogens (tertiary/aromatic N) is 5. The predicted molar refractivity (Wildman–Crippen MR) is 168 cm³/mol. The molecule has 4 atom stereocenters. The van der Waals surface area contributed by atoms with Crippen LogP contribution in [0, 0.1) is 18.8 Å². The number of hydrogen-bond acceptors (Lipinski definition) is 9. The van der Waals surface area contributed by atoms with Crippen LogP contribution >= 0.6 is 11.6 Å². The molecule has 6 rings (SSSR count). The fourth-order valence-corrected chi connectivity index (χ4v) is 6.55. The van der Waals surface area contributed by atoms with Crippen molar-refractivity contribution in [3.63, 3.8) is 0 Å². The molecule has 234 valence electrons. The third kappa shape index (κ3) is 5.81. The van der Waals surface area contributed by atoms with E-state index in [2.05, 4.69) is 15.2 Å². The Morgan fingerprint density at radius 3 is 2.43 bits per heavy atom. The summed E-state index contributed by atoms with van der Waals surface area (Å²) in [5.74, 6) is 0.459. The molecule has 3 aliphatic rings. The summed E-state index contributed by atoms with van der Waals surface area (Å²) in [6.45, 7) is 12.1. The van der Waals surface area contributed by atoms with Crippen LogP contribution in [0.1, 0.15) is 68.2 Å². The molecule has 2 saturated heterocycles. The van der Waals surface area contributed by atoms with Crippen LogP contribution in [0.25, 0.3) is 10.9 Å². The summed E-state index contributed by atoms with van der Waals surface area (Å²) in [7, 11) is 1.75. The van der Waals surface area contributed by atoms with Crippen LogP contribution in [0.15, 0.2) is 29.1 Å². The van der Waals surface area contributed by atoms with Crippen LogP contribution in [0.4, 0.5) is 16.4 Å². The Morgan fingerprint density at radius 2 is 1.77 bits per heavy atom. The Bertz CT molecular complexity index is 1680. The van der Waals surface area contributed by atoms with Gasteiger partial charge in [0.15, 0.2) is 5.69 Å². The average molecular weight is 623 g/mol. The number of carbonyl (C=O) groups is 2. The molecular formula is C32H39ClN6O5. The van der Waals surface area contributed by atoms with E-state index in [1.807, 2.05) is 26.0 Å². The zero-order valence-corrected chi connectivity index (χ0v) is 26.8. The van der Waals surface area contributed by atoms with Crippen molar-refractivity contribution in [3.8, 4) is 0 Å². The molecule has 1 N–H and O–H groups in total. The maximum atomic E-state index is 13.7. The second kappa shape index (κ2) is 11.3. The molecule has 1 aliphatic carbocycles. The molecule has 3 aromatic rings. The molecule has 2 aliphatic heterocycles. The number of anilines is 2. The third-order valence-electron chi connectivity index (χ3n) is 8.62. The first-order chi connectivity index (χ1) is 20.8. The number of carbonyl (C=O) groups excluding carboxylic acids is 2. The number of esters is 1. The molecule has 2 unspecified atom stereocenters. The summed E-state index contributed by atoms with van der Waals surface area (Å²) in [6.07, 6.45) is 1.77. The van der Waals surface area contributed by atoms with Crippen molar-refractivity contribution in [3.05, 3.63) is 56.6 Å². The smallest absolute Gasteiger partial charge is 0.410 e. The number of hydrogen-bond donors (Lipinski definition) is 1. The second-order valence-electron chi connectivity index (χ2n) is 13.2. The Hall–Kier alpha value is -3.86. The molecule has 11 nitrogen and oxygen atoms in total. The molecular weight excluding hydrogens is 584 g/mol. The number of rotatable bonds is 6. The van der Waals surface area contributed by atoms with Crippen LogP contribution in [0.2, 0.25) is 5.15 Å². The van der Waals surface area contributed by atoms with Gasteiger partial charge in [-0.1, -0.05) is 17.7 Å². The molecule has 1 aromatic carbocycles. The number of likely N-dealkylation sites (tertiary alicyclic amines) is 1. The largest absolute Gasteiger partial charge is 0.455 e. The van der Waals surface area contributed by atoms with E-state index in [4.69, 9.17) is 26.1 Å². The molecule has 1 saturated carbocycles. The number of nitrogens with one attached hydrogen (secondary N) is 1. The number of amides is 1. The number of benzene rings is 1. The highest BCUT2D eigenvalue weighted by Gasteiger charge is 2.59. The van der Waals surface area contributed by atoms with Crippen molar-refractivity contribution in [1.82, 2.24) is 19.4 Å². The van der Waals surface area contributed by atoms with E-state index in [1.54, 1.807) is 49.4 Å². The van der Waals surface area contributed by atoms with E-state index in [9.17, 15) is 14.4 Å². The van der Waals surface area contributed by atoms with Gasteiger partial charge >= 0.3 is 12.1 Å². The Balaban J connectivity index is 1.26. The lowest BCUT2D eigenvalue weighted by molar-refractivity contribution is 0.00639. The van der Waals surface area contributed by atoms with Crippen LogP contribution in [-0.4, -0.2) is 69.4 Å². The molecule has 0 spiro atoms. The van der Waals surface area contributed by atoms with Gasteiger partial charge in [-0.15, -0.1) is 0 Å². The van der Waals surface area contributed by atoms with Gasteiger partial charge in [0.25, 0.3) is 5.56 Å². The number of aryl methyl sites for hydroxylation is 1. The van der Waals surface area contributed by atoms with Gasteiger partial charge in [0, 0.05) is 50.6 Å². The normalized spacial score (nSPS) is 21.8. The van der Waals surface area contributed by atoms with E-state index in [0.29, 0.717) is 35.6 Å². The molecule has 3 fully saturated rings. The lowest BCUT2D eigenvalue weighted by atomic mass is 10.0. The number of ether oxygens (including phenoxy) is 2. The molecule has 0 bridgehead atoms. The van der Waals surface area contributed by atoms with Crippen LogP contribution in [-0.2, 0) is 16.5 Å². The second-order valence-corrected chi connectivity index (χ2v) is 13.6. The number of aromatic nitrogens is 3. The van der Waals surface area contributed by atoms with E-state index < -0.39 is 11.6 Å². The minimum absolute atomic E-state index is 0.0774. The third-order valence-corrected chi connectivity index (χ3v) is 8.83. The van der Waals surface area contributed by atoms with E-state index in [-0.39, 0.29) is 46.5 Å². The van der Waals surface area contributed by atoms with Gasteiger partial charge in [-0.25, -0.2) is 19.6 Å². The summed E-state index contributed by atoms with van der Waals surface area (Å²) in [5.41, 5.74) is 2.02. The minimum atomic E-state index is -0.706. The first-order valence-corrected chi connectivity index (χ1v) is 15.6. The molecule has 1 amide bonds. The highest BCUT2D eigenvalue weighted by molar-refractivity contribution is 6.29. The van der Waals surface area contributed by atoms with Gasteiger partial charge in [0.1, 0.15) is 16.9 Å². The minimum Gasteiger partial charge on any atom is -0.455 e. The summed E-state index contributed by atoms with van der Waals surface area (Å²) in [4.78, 5) is 52.4. The summed E-state index contributed by atoms with van der Waals surface area (Å²) < 4.78 is 13.0. The molecule has 4 heterocycles. The highest BCUT2D eigenvalue weighted by atomic mass is 35.5. The average Bonchev–Trinajstić information content (AvgIpc) is 3.35. The van der Waals surface area contributed by atoms with E-state index >= 15 is 0 Å². The van der Waals surface area contributed by atoms with Gasteiger partial charge in [-0.3, -0.25) is 9.36 Å². The number of halogens is 1. The predicted octanol–water partition coefficient (Wildman–Crippen LogP) is 5.09. The quantitative estimate of drug-likeness (QED) is 0.296. The monoisotopic (exact) mass is 622 g/mol. The van der Waals surface area contributed by atoms with Crippen molar-refractivity contribution < 1.29 is 19.1 Å². The topological polar surface area (TPSA) is 119 Å². The summed E-state index contributed by atoms with van der Waals surface area (Å²) >= 11 is 6.15. The van der Waals surface area contributed by atoms with Crippen LogP contribution in [0.3, 0.4) is 0 Å². The van der Waals surface area contributed by atoms with Crippen molar-refractivity contribution in [1.29, 1.82) is 0 Å². The summed E-state index contributed by atoms with van der Waals surface area (Å²) in [6, 6.07) is 6.82. The zero-order chi connectivity index (χ0) is 31.5. The molecule has 2 aromatic heterocycles. The van der Waals surface area contributed by atoms with Gasteiger partial charge in [-0.2, -0.15) is 0 Å². The standard InChI is InChI=1S/C32H39ClN6O5/c1-17-13-19(18(2)34-23-9-10-24(33)35-26(23)29(41)44-32(3,4)5)25-20(14-17)28(40)37(6)30(36-25)39-15-21-22(16-39)27(21)43-31(42)38-11-7-8-12-38/h9-10,13-14,18,21-22,27,34H,7-8,11-12,15-16H2,1-6H3/t18?,21-,22+,27?. The van der Waals surface area contributed by atoms with Gasteiger partial charge < -0.3 is 24.6 Å². The first-order valence-electron chi connectivity index (χ1n) is 15.2. The van der Waals surface area contributed by atoms with Crippen molar-refractivity contribution in [2.24, 2.45) is 18.9 Å². The van der Waals surface area contributed by atoms with Gasteiger partial charge in [0.2, 0.25) is 5.95 Å². The molecule has 12 heteroatoms. The number of fused-ring (bicyclic) bond motifs is 2. The maximum Gasteiger partial charge on any atom is 0.410 e. The van der Waals surface area contributed by atoms with Crippen molar-refractivity contribution in [2.45, 2.75) is 65.2 Å². The van der Waals surface area contributed by atoms with E-state index in [1.165, 1.54) is 0 Å². The number of pyridine rings is 1. The lowest BCUT2D eigenvalue weighted by Crippen LogP contribution is -2.35. The fraction of sp³-hybridized carbons (Fsp3) is 0.531. The van der Waals surface area contributed by atoms with Crippen LogP contribution in [0.5, 0.6) is 0 Å². The molecule has 0 radical (unpaired) electrons. The maximum absolute atomic E-state index is 13.7.